The minimum absolute atomic E-state index is 0.0757. The molecule has 1 amide bonds. The Morgan fingerprint density at radius 3 is 2.39 bits per heavy atom. The van der Waals surface area contributed by atoms with Crippen LogP contribution in [0.1, 0.15) is 41.8 Å². The number of hydrogen-bond donors (Lipinski definition) is 0. The number of nitriles is 1. The third kappa shape index (κ3) is 5.77. The van der Waals surface area contributed by atoms with Crippen molar-refractivity contribution in [3.8, 4) is 6.07 Å². The molecule has 7 nitrogen and oxygen atoms in total. The summed E-state index contributed by atoms with van der Waals surface area (Å²) in [6, 6.07) is 12.9. The van der Waals surface area contributed by atoms with Crippen molar-refractivity contribution >= 4 is 15.9 Å². The molecule has 0 spiro atoms. The van der Waals surface area contributed by atoms with Crippen molar-refractivity contribution in [2.24, 2.45) is 0 Å². The largest absolute Gasteiger partial charge is 0.337 e. The Bertz CT molecular complexity index is 1130. The van der Waals surface area contributed by atoms with Crippen LogP contribution in [0.15, 0.2) is 47.4 Å². The van der Waals surface area contributed by atoms with E-state index in [-0.39, 0.29) is 10.5 Å². The molecule has 0 aliphatic carbocycles. The lowest BCUT2D eigenvalue weighted by molar-refractivity contribution is 0.0756. The molecule has 0 saturated carbocycles. The van der Waals surface area contributed by atoms with Gasteiger partial charge in [0, 0.05) is 45.8 Å². The zero-order valence-corrected chi connectivity index (χ0v) is 19.8. The predicted molar refractivity (Wildman–Crippen MR) is 123 cm³/mol. The van der Waals surface area contributed by atoms with Gasteiger partial charge in [0.25, 0.3) is 5.91 Å². The Morgan fingerprint density at radius 2 is 1.76 bits per heavy atom. The zero-order chi connectivity index (χ0) is 24.0. The number of halogens is 1. The molecule has 0 aromatic heterocycles. The first-order valence-corrected chi connectivity index (χ1v) is 12.5. The van der Waals surface area contributed by atoms with Gasteiger partial charge in [0.05, 0.1) is 22.1 Å². The van der Waals surface area contributed by atoms with Gasteiger partial charge in [0.15, 0.2) is 0 Å². The zero-order valence-electron chi connectivity index (χ0n) is 19.0. The number of carbonyl (C=O) groups excluding carboxylic acids is 1. The van der Waals surface area contributed by atoms with E-state index >= 15 is 0 Å². The summed E-state index contributed by atoms with van der Waals surface area (Å²) in [7, 11) is -3.79. The van der Waals surface area contributed by atoms with E-state index in [4.69, 9.17) is 5.26 Å². The van der Waals surface area contributed by atoms with Crippen molar-refractivity contribution < 1.29 is 17.6 Å². The first-order valence-electron chi connectivity index (χ1n) is 11.1. The Morgan fingerprint density at radius 1 is 1.06 bits per heavy atom. The van der Waals surface area contributed by atoms with Gasteiger partial charge in [0.2, 0.25) is 10.0 Å². The Kier molecular flexibility index (Phi) is 8.19. The molecule has 1 aliphatic heterocycles. The summed E-state index contributed by atoms with van der Waals surface area (Å²) >= 11 is 0. The minimum Gasteiger partial charge on any atom is -0.337 e. The molecule has 9 heteroatoms. The fourth-order valence-corrected chi connectivity index (χ4v) is 5.47. The summed E-state index contributed by atoms with van der Waals surface area (Å²) in [5, 5.41) is 8.94. The maximum atomic E-state index is 14.6. The van der Waals surface area contributed by atoms with Crippen molar-refractivity contribution in [3.05, 3.63) is 65.0 Å². The second kappa shape index (κ2) is 10.9. The number of amides is 1. The molecule has 1 heterocycles. The minimum atomic E-state index is -3.79. The standard InChI is InChI=1S/C24H29FN4O3S/c1-3-29(4-2)33(31,32)21-10-11-23(25)22(16-21)24(30)28-13-5-12-27(14-15-28)18-20-8-6-19(17-26)7-9-20/h6-11,16H,3-5,12-15,18H2,1-2H3. The summed E-state index contributed by atoms with van der Waals surface area (Å²) in [4.78, 5) is 16.9. The highest BCUT2D eigenvalue weighted by Gasteiger charge is 2.27. The van der Waals surface area contributed by atoms with Gasteiger partial charge in [-0.25, -0.2) is 12.8 Å². The SMILES string of the molecule is CCN(CC)S(=O)(=O)c1ccc(F)c(C(=O)N2CCCN(Cc3ccc(C#N)cc3)CC2)c1. The highest BCUT2D eigenvalue weighted by atomic mass is 32.2. The quantitative estimate of drug-likeness (QED) is 0.618. The molecule has 3 rings (SSSR count). The molecular weight excluding hydrogens is 443 g/mol. The van der Waals surface area contributed by atoms with Crippen LogP contribution >= 0.6 is 0 Å². The van der Waals surface area contributed by atoms with Crippen LogP contribution in [0.25, 0.3) is 0 Å². The third-order valence-electron chi connectivity index (χ3n) is 5.88. The lowest BCUT2D eigenvalue weighted by Crippen LogP contribution is -2.36. The molecule has 0 atom stereocenters. The Balaban J connectivity index is 1.72. The maximum absolute atomic E-state index is 14.6. The highest BCUT2D eigenvalue weighted by molar-refractivity contribution is 7.89. The van der Waals surface area contributed by atoms with Crippen molar-refractivity contribution in [2.45, 2.75) is 31.7 Å². The summed E-state index contributed by atoms with van der Waals surface area (Å²) in [6.07, 6.45) is 0.723. The van der Waals surface area contributed by atoms with E-state index in [1.807, 2.05) is 12.1 Å². The van der Waals surface area contributed by atoms with Gasteiger partial charge in [-0.3, -0.25) is 9.69 Å². The van der Waals surface area contributed by atoms with Crippen molar-refractivity contribution in [1.29, 1.82) is 5.26 Å². The van der Waals surface area contributed by atoms with Crippen molar-refractivity contribution in [1.82, 2.24) is 14.1 Å². The molecule has 1 aliphatic rings. The van der Waals surface area contributed by atoms with Crippen LogP contribution in [0.5, 0.6) is 0 Å². The molecule has 0 radical (unpaired) electrons. The number of benzene rings is 2. The van der Waals surface area contributed by atoms with E-state index in [0.717, 1.165) is 30.7 Å². The average Bonchev–Trinajstić information content (AvgIpc) is 3.05. The number of nitrogens with zero attached hydrogens (tertiary/aromatic N) is 4. The van der Waals surface area contributed by atoms with E-state index in [1.165, 1.54) is 10.4 Å². The third-order valence-corrected chi connectivity index (χ3v) is 7.92. The number of hydrogen-bond acceptors (Lipinski definition) is 5. The number of sulfonamides is 1. The lowest BCUT2D eigenvalue weighted by atomic mass is 10.1. The fraction of sp³-hybridized carbons (Fsp3) is 0.417. The monoisotopic (exact) mass is 472 g/mol. The van der Waals surface area contributed by atoms with Crippen LogP contribution in [-0.2, 0) is 16.6 Å². The maximum Gasteiger partial charge on any atom is 0.256 e. The van der Waals surface area contributed by atoms with E-state index in [1.54, 1.807) is 30.9 Å². The fourth-order valence-electron chi connectivity index (χ4n) is 3.99. The van der Waals surface area contributed by atoms with Gasteiger partial charge >= 0.3 is 0 Å². The van der Waals surface area contributed by atoms with Crippen LogP contribution in [-0.4, -0.2) is 67.7 Å². The molecular formula is C24H29FN4O3S. The molecule has 0 N–H and O–H groups in total. The molecule has 1 fully saturated rings. The summed E-state index contributed by atoms with van der Waals surface area (Å²) in [6.45, 7) is 7.03. The second-order valence-electron chi connectivity index (χ2n) is 7.96. The van der Waals surface area contributed by atoms with Gasteiger partial charge in [-0.15, -0.1) is 0 Å². The van der Waals surface area contributed by atoms with E-state index in [9.17, 15) is 17.6 Å². The number of carbonyl (C=O) groups is 1. The molecule has 2 aromatic rings. The molecule has 1 saturated heterocycles. The van der Waals surface area contributed by atoms with Crippen LogP contribution in [0.4, 0.5) is 4.39 Å². The molecule has 2 aromatic carbocycles. The lowest BCUT2D eigenvalue weighted by Gasteiger charge is -2.23. The Hall–Kier alpha value is -2.80. The van der Waals surface area contributed by atoms with Gasteiger partial charge in [-0.05, 0) is 42.3 Å². The van der Waals surface area contributed by atoms with E-state index in [0.29, 0.717) is 44.8 Å². The van der Waals surface area contributed by atoms with Crippen molar-refractivity contribution in [3.63, 3.8) is 0 Å². The average molecular weight is 473 g/mol. The van der Waals surface area contributed by atoms with Crippen LogP contribution in [0.3, 0.4) is 0 Å². The van der Waals surface area contributed by atoms with Crippen LogP contribution < -0.4 is 0 Å². The molecule has 0 bridgehead atoms. The highest BCUT2D eigenvalue weighted by Crippen LogP contribution is 2.21. The summed E-state index contributed by atoms with van der Waals surface area (Å²) < 4.78 is 41.5. The van der Waals surface area contributed by atoms with E-state index < -0.39 is 21.7 Å². The summed E-state index contributed by atoms with van der Waals surface area (Å²) in [5.41, 5.74) is 1.47. The van der Waals surface area contributed by atoms with Gasteiger partial charge in [-0.2, -0.15) is 9.57 Å². The van der Waals surface area contributed by atoms with Crippen LogP contribution in [0, 0.1) is 17.1 Å². The first-order chi connectivity index (χ1) is 15.8. The Labute approximate surface area is 195 Å². The second-order valence-corrected chi connectivity index (χ2v) is 9.90. The van der Waals surface area contributed by atoms with Gasteiger partial charge in [0.1, 0.15) is 5.82 Å². The van der Waals surface area contributed by atoms with E-state index in [2.05, 4.69) is 11.0 Å². The van der Waals surface area contributed by atoms with Gasteiger partial charge < -0.3 is 4.90 Å². The molecule has 0 unspecified atom stereocenters. The van der Waals surface area contributed by atoms with Gasteiger partial charge in [-0.1, -0.05) is 26.0 Å². The van der Waals surface area contributed by atoms with Crippen LogP contribution in [0.2, 0.25) is 0 Å². The predicted octanol–water partition coefficient (Wildman–Crippen LogP) is 3.08. The topological polar surface area (TPSA) is 84.7 Å². The van der Waals surface area contributed by atoms with Crippen molar-refractivity contribution in [2.75, 3.05) is 39.3 Å². The number of rotatable bonds is 7. The summed E-state index contributed by atoms with van der Waals surface area (Å²) in [5.74, 6) is -1.22. The molecule has 176 valence electrons. The first kappa shape index (κ1) is 24.8. The molecule has 33 heavy (non-hydrogen) atoms. The normalized spacial score (nSPS) is 15.3. The smallest absolute Gasteiger partial charge is 0.256 e.